The molecule has 4 aromatic rings. The zero-order valence-electron chi connectivity index (χ0n) is 16.0. The SMILES string of the molecule is Cc1ccccc1-c1nc(-c2cn(CC(=O)Nc3ccc4c(c3)OCO4)cn2)no1. The number of imidazole rings is 1. The first-order valence-corrected chi connectivity index (χ1v) is 9.27. The van der Waals surface area contributed by atoms with Crippen LogP contribution in [-0.4, -0.2) is 32.4 Å². The van der Waals surface area contributed by atoms with Crippen LogP contribution in [-0.2, 0) is 11.3 Å². The highest BCUT2D eigenvalue weighted by Gasteiger charge is 2.16. The predicted molar refractivity (Wildman–Crippen MR) is 107 cm³/mol. The van der Waals surface area contributed by atoms with Gasteiger partial charge >= 0.3 is 0 Å². The number of nitrogens with one attached hydrogen (secondary N) is 1. The third kappa shape index (κ3) is 3.48. The van der Waals surface area contributed by atoms with Crippen molar-refractivity contribution in [2.24, 2.45) is 0 Å². The number of carbonyl (C=O) groups is 1. The average Bonchev–Trinajstić information content (AvgIpc) is 3.48. The van der Waals surface area contributed by atoms with Crippen LogP contribution in [0.3, 0.4) is 0 Å². The number of carbonyl (C=O) groups excluding carboxylic acids is 1. The van der Waals surface area contributed by atoms with Gasteiger partial charge in [0.1, 0.15) is 12.2 Å². The minimum Gasteiger partial charge on any atom is -0.454 e. The van der Waals surface area contributed by atoms with Crippen LogP contribution in [0.4, 0.5) is 5.69 Å². The number of aryl methyl sites for hydroxylation is 1. The van der Waals surface area contributed by atoms with Crippen molar-refractivity contribution in [2.45, 2.75) is 13.5 Å². The largest absolute Gasteiger partial charge is 0.454 e. The van der Waals surface area contributed by atoms with Gasteiger partial charge in [0.15, 0.2) is 11.5 Å². The highest BCUT2D eigenvalue weighted by molar-refractivity contribution is 5.91. The van der Waals surface area contributed by atoms with Crippen molar-refractivity contribution in [3.05, 3.63) is 60.6 Å². The van der Waals surface area contributed by atoms with Gasteiger partial charge in [-0.3, -0.25) is 4.79 Å². The van der Waals surface area contributed by atoms with E-state index < -0.39 is 0 Å². The molecule has 1 aliphatic heterocycles. The van der Waals surface area contributed by atoms with Crippen LogP contribution >= 0.6 is 0 Å². The van der Waals surface area contributed by atoms with Gasteiger partial charge in [0.2, 0.25) is 18.5 Å². The summed E-state index contributed by atoms with van der Waals surface area (Å²) in [5, 5.41) is 6.84. The lowest BCUT2D eigenvalue weighted by Gasteiger charge is -2.06. The molecule has 0 bridgehead atoms. The van der Waals surface area contributed by atoms with Crippen LogP contribution in [0.15, 0.2) is 59.5 Å². The average molecular weight is 403 g/mol. The fourth-order valence-corrected chi connectivity index (χ4v) is 3.15. The Kier molecular flexibility index (Phi) is 4.40. The quantitative estimate of drug-likeness (QED) is 0.545. The number of aromatic nitrogens is 4. The van der Waals surface area contributed by atoms with E-state index in [1.807, 2.05) is 31.2 Å². The molecule has 0 radical (unpaired) electrons. The molecule has 9 heteroatoms. The zero-order valence-corrected chi connectivity index (χ0v) is 16.0. The maximum Gasteiger partial charge on any atom is 0.258 e. The van der Waals surface area contributed by atoms with Crippen molar-refractivity contribution >= 4 is 11.6 Å². The molecule has 0 spiro atoms. The molecule has 9 nitrogen and oxygen atoms in total. The van der Waals surface area contributed by atoms with Gasteiger partial charge in [-0.2, -0.15) is 4.98 Å². The van der Waals surface area contributed by atoms with Gasteiger partial charge in [-0.15, -0.1) is 0 Å². The maximum absolute atomic E-state index is 12.4. The van der Waals surface area contributed by atoms with Crippen LogP contribution in [0.5, 0.6) is 11.5 Å². The molecule has 1 aliphatic rings. The Bertz CT molecular complexity index is 1230. The number of benzene rings is 2. The molecule has 3 heterocycles. The molecule has 0 unspecified atom stereocenters. The van der Waals surface area contributed by atoms with E-state index in [4.69, 9.17) is 14.0 Å². The van der Waals surface area contributed by atoms with Gasteiger partial charge in [0.05, 0.1) is 6.33 Å². The molecule has 0 saturated heterocycles. The Balaban J connectivity index is 1.27. The Morgan fingerprint density at radius 2 is 2.03 bits per heavy atom. The minimum absolute atomic E-state index is 0.0872. The number of nitrogens with zero attached hydrogens (tertiary/aromatic N) is 4. The van der Waals surface area contributed by atoms with Crippen molar-refractivity contribution in [3.8, 4) is 34.5 Å². The maximum atomic E-state index is 12.4. The number of hydrogen-bond donors (Lipinski definition) is 1. The van der Waals surface area contributed by atoms with E-state index in [1.165, 1.54) is 0 Å². The molecular formula is C21H17N5O4. The normalized spacial score (nSPS) is 12.2. The highest BCUT2D eigenvalue weighted by atomic mass is 16.7. The van der Waals surface area contributed by atoms with Crippen molar-refractivity contribution in [2.75, 3.05) is 12.1 Å². The fraction of sp³-hybridized carbons (Fsp3) is 0.143. The lowest BCUT2D eigenvalue weighted by atomic mass is 10.1. The lowest BCUT2D eigenvalue weighted by Crippen LogP contribution is -2.17. The summed E-state index contributed by atoms with van der Waals surface area (Å²) in [6, 6.07) is 13.0. The smallest absolute Gasteiger partial charge is 0.258 e. The van der Waals surface area contributed by atoms with Gasteiger partial charge in [-0.25, -0.2) is 4.98 Å². The van der Waals surface area contributed by atoms with Gasteiger partial charge in [0.25, 0.3) is 5.89 Å². The van der Waals surface area contributed by atoms with Crippen LogP contribution < -0.4 is 14.8 Å². The molecule has 1 amide bonds. The third-order valence-electron chi connectivity index (χ3n) is 4.65. The molecule has 1 N–H and O–H groups in total. The standard InChI is InChI=1S/C21H17N5O4/c1-13-4-2-3-5-15(13)21-24-20(25-30-21)16-9-26(11-22-16)10-19(27)23-14-6-7-17-18(8-14)29-12-28-17/h2-9,11H,10,12H2,1H3,(H,23,27). The number of ether oxygens (including phenoxy) is 2. The molecule has 30 heavy (non-hydrogen) atoms. The van der Waals surface area contributed by atoms with Gasteiger partial charge in [-0.1, -0.05) is 23.4 Å². The van der Waals surface area contributed by atoms with Gasteiger partial charge in [-0.05, 0) is 30.7 Å². The molecular weight excluding hydrogens is 386 g/mol. The molecule has 0 fully saturated rings. The summed E-state index contributed by atoms with van der Waals surface area (Å²) in [5.74, 6) is 1.87. The predicted octanol–water partition coefficient (Wildman–Crippen LogP) is 3.28. The summed E-state index contributed by atoms with van der Waals surface area (Å²) in [7, 11) is 0. The topological polar surface area (TPSA) is 104 Å². The number of hydrogen-bond acceptors (Lipinski definition) is 7. The molecule has 2 aromatic carbocycles. The number of amides is 1. The summed E-state index contributed by atoms with van der Waals surface area (Å²) < 4.78 is 17.6. The van der Waals surface area contributed by atoms with Crippen LogP contribution in [0.1, 0.15) is 5.56 Å². The number of rotatable bonds is 5. The second-order valence-electron chi connectivity index (χ2n) is 6.79. The van der Waals surface area contributed by atoms with Gasteiger partial charge in [0, 0.05) is 23.5 Å². The van der Waals surface area contributed by atoms with E-state index in [1.54, 1.807) is 35.3 Å². The summed E-state index contributed by atoms with van der Waals surface area (Å²) >= 11 is 0. The first-order valence-electron chi connectivity index (χ1n) is 9.27. The molecule has 2 aromatic heterocycles. The summed E-state index contributed by atoms with van der Waals surface area (Å²) in [5.41, 5.74) is 3.07. The molecule has 0 aliphatic carbocycles. The van der Waals surface area contributed by atoms with Crippen molar-refractivity contribution in [1.29, 1.82) is 0 Å². The van der Waals surface area contributed by atoms with E-state index in [0.29, 0.717) is 34.6 Å². The van der Waals surface area contributed by atoms with Crippen molar-refractivity contribution in [3.63, 3.8) is 0 Å². The Morgan fingerprint density at radius 3 is 2.93 bits per heavy atom. The van der Waals surface area contributed by atoms with Crippen LogP contribution in [0, 0.1) is 6.92 Å². The van der Waals surface area contributed by atoms with E-state index in [0.717, 1.165) is 11.1 Å². The highest BCUT2D eigenvalue weighted by Crippen LogP contribution is 2.34. The van der Waals surface area contributed by atoms with Gasteiger partial charge < -0.3 is 23.9 Å². The first-order chi connectivity index (χ1) is 14.7. The van der Waals surface area contributed by atoms with Crippen molar-refractivity contribution in [1.82, 2.24) is 19.7 Å². The van der Waals surface area contributed by atoms with E-state index in [9.17, 15) is 4.79 Å². The summed E-state index contributed by atoms with van der Waals surface area (Å²) in [6.07, 6.45) is 3.25. The number of fused-ring (bicyclic) bond motifs is 1. The fourth-order valence-electron chi connectivity index (χ4n) is 3.15. The molecule has 150 valence electrons. The monoisotopic (exact) mass is 403 g/mol. The second-order valence-corrected chi connectivity index (χ2v) is 6.79. The third-order valence-corrected chi connectivity index (χ3v) is 4.65. The van der Waals surface area contributed by atoms with E-state index in [-0.39, 0.29) is 19.2 Å². The van der Waals surface area contributed by atoms with Crippen LogP contribution in [0.25, 0.3) is 23.0 Å². The van der Waals surface area contributed by atoms with Crippen LogP contribution in [0.2, 0.25) is 0 Å². The Morgan fingerprint density at radius 1 is 1.17 bits per heavy atom. The summed E-state index contributed by atoms with van der Waals surface area (Å²) in [6.45, 7) is 2.25. The first kappa shape index (κ1) is 17.9. The zero-order chi connectivity index (χ0) is 20.5. The van der Waals surface area contributed by atoms with E-state index in [2.05, 4.69) is 20.4 Å². The molecule has 5 rings (SSSR count). The Labute approximate surface area is 171 Å². The lowest BCUT2D eigenvalue weighted by molar-refractivity contribution is -0.116. The Hall–Kier alpha value is -4.14. The number of anilines is 1. The molecule has 0 saturated carbocycles. The summed E-state index contributed by atoms with van der Waals surface area (Å²) in [4.78, 5) is 21.1. The second kappa shape index (κ2) is 7.36. The minimum atomic E-state index is -0.202. The van der Waals surface area contributed by atoms with Crippen molar-refractivity contribution < 1.29 is 18.8 Å². The molecule has 0 atom stereocenters. The van der Waals surface area contributed by atoms with E-state index >= 15 is 0 Å².